The van der Waals surface area contributed by atoms with Crippen molar-refractivity contribution in [2.24, 2.45) is 5.10 Å². The van der Waals surface area contributed by atoms with E-state index in [0.29, 0.717) is 6.42 Å². The predicted octanol–water partition coefficient (Wildman–Crippen LogP) is 4.04. The maximum absolute atomic E-state index is 12.2. The monoisotopic (exact) mass is 406 g/mol. The zero-order chi connectivity index (χ0) is 21.6. The van der Waals surface area contributed by atoms with Crippen LogP contribution in [-0.2, 0) is 10.2 Å². The SMILES string of the molecule is C/C(=N/NC(=O)CCN1CCN(c2ccccc2)CC1)c1ccc(C(C)(C)C)cc1. The van der Waals surface area contributed by atoms with Crippen LogP contribution in [0.5, 0.6) is 0 Å². The van der Waals surface area contributed by atoms with Gasteiger partial charge in [-0.15, -0.1) is 0 Å². The fraction of sp³-hybridized carbons (Fsp3) is 0.440. The normalized spacial score (nSPS) is 15.9. The molecule has 0 saturated carbocycles. The fourth-order valence-electron chi connectivity index (χ4n) is 3.61. The van der Waals surface area contributed by atoms with Crippen molar-refractivity contribution in [3.8, 4) is 0 Å². The summed E-state index contributed by atoms with van der Waals surface area (Å²) in [7, 11) is 0. The van der Waals surface area contributed by atoms with E-state index in [1.165, 1.54) is 11.3 Å². The molecule has 0 bridgehead atoms. The molecule has 0 unspecified atom stereocenters. The summed E-state index contributed by atoms with van der Waals surface area (Å²) in [6.45, 7) is 13.2. The Morgan fingerprint density at radius 2 is 1.60 bits per heavy atom. The molecule has 30 heavy (non-hydrogen) atoms. The van der Waals surface area contributed by atoms with Crippen molar-refractivity contribution in [3.05, 3.63) is 65.7 Å². The summed E-state index contributed by atoms with van der Waals surface area (Å²) in [5, 5.41) is 4.29. The molecule has 2 aromatic carbocycles. The first-order chi connectivity index (χ1) is 14.3. The van der Waals surface area contributed by atoms with Crippen LogP contribution in [0.1, 0.15) is 45.2 Å². The molecule has 0 aliphatic carbocycles. The Hall–Kier alpha value is -2.66. The summed E-state index contributed by atoms with van der Waals surface area (Å²) < 4.78 is 0. The Bertz CT molecular complexity index is 845. The van der Waals surface area contributed by atoms with Gasteiger partial charge < -0.3 is 4.90 Å². The van der Waals surface area contributed by atoms with Crippen molar-refractivity contribution < 1.29 is 4.79 Å². The fourth-order valence-corrected chi connectivity index (χ4v) is 3.61. The van der Waals surface area contributed by atoms with Gasteiger partial charge in [-0.25, -0.2) is 5.43 Å². The maximum atomic E-state index is 12.2. The van der Waals surface area contributed by atoms with Crippen LogP contribution in [0.25, 0.3) is 0 Å². The number of hydrogen-bond donors (Lipinski definition) is 1. The average Bonchev–Trinajstić information content (AvgIpc) is 2.76. The summed E-state index contributed by atoms with van der Waals surface area (Å²) in [6, 6.07) is 18.9. The van der Waals surface area contributed by atoms with Gasteiger partial charge in [0, 0.05) is 44.8 Å². The van der Waals surface area contributed by atoms with Crippen LogP contribution in [0.15, 0.2) is 59.7 Å². The Kier molecular flexibility index (Phi) is 7.27. The zero-order valence-electron chi connectivity index (χ0n) is 18.7. The quantitative estimate of drug-likeness (QED) is 0.582. The number of carbonyl (C=O) groups excluding carboxylic acids is 1. The predicted molar refractivity (Wildman–Crippen MR) is 125 cm³/mol. The second kappa shape index (κ2) is 9.90. The van der Waals surface area contributed by atoms with Crippen molar-refractivity contribution in [1.29, 1.82) is 0 Å². The largest absolute Gasteiger partial charge is 0.369 e. The molecule has 2 aromatic rings. The van der Waals surface area contributed by atoms with E-state index < -0.39 is 0 Å². The number of nitrogens with zero attached hydrogens (tertiary/aromatic N) is 3. The first-order valence-electron chi connectivity index (χ1n) is 10.8. The molecule has 1 amide bonds. The van der Waals surface area contributed by atoms with Gasteiger partial charge in [0.25, 0.3) is 0 Å². The lowest BCUT2D eigenvalue weighted by Gasteiger charge is -2.36. The van der Waals surface area contributed by atoms with E-state index >= 15 is 0 Å². The topological polar surface area (TPSA) is 47.9 Å². The van der Waals surface area contributed by atoms with E-state index in [2.05, 4.69) is 89.6 Å². The summed E-state index contributed by atoms with van der Waals surface area (Å²) in [4.78, 5) is 17.0. The second-order valence-corrected chi connectivity index (χ2v) is 8.97. The first-order valence-corrected chi connectivity index (χ1v) is 10.8. The van der Waals surface area contributed by atoms with Crippen LogP contribution in [0.4, 0.5) is 5.69 Å². The number of hydrogen-bond acceptors (Lipinski definition) is 4. The zero-order valence-corrected chi connectivity index (χ0v) is 18.7. The molecule has 0 aromatic heterocycles. The molecule has 1 aliphatic heterocycles. The van der Waals surface area contributed by atoms with Gasteiger partial charge in [-0.3, -0.25) is 9.69 Å². The lowest BCUT2D eigenvalue weighted by molar-refractivity contribution is -0.121. The number of hydrazone groups is 1. The molecule has 0 spiro atoms. The van der Waals surface area contributed by atoms with Gasteiger partial charge in [-0.1, -0.05) is 63.2 Å². The number of piperazine rings is 1. The number of amides is 1. The number of rotatable bonds is 6. The van der Waals surface area contributed by atoms with Gasteiger partial charge >= 0.3 is 0 Å². The van der Waals surface area contributed by atoms with Crippen molar-refractivity contribution >= 4 is 17.3 Å². The molecule has 0 atom stereocenters. The lowest BCUT2D eigenvalue weighted by Crippen LogP contribution is -2.47. The number of benzene rings is 2. The van der Waals surface area contributed by atoms with Gasteiger partial charge in [0.1, 0.15) is 0 Å². The molecule has 1 saturated heterocycles. The van der Waals surface area contributed by atoms with Crippen LogP contribution in [0, 0.1) is 0 Å². The third-order valence-corrected chi connectivity index (χ3v) is 5.67. The van der Waals surface area contributed by atoms with E-state index in [-0.39, 0.29) is 11.3 Å². The van der Waals surface area contributed by atoms with Gasteiger partial charge in [-0.2, -0.15) is 5.10 Å². The lowest BCUT2D eigenvalue weighted by atomic mass is 9.86. The summed E-state index contributed by atoms with van der Waals surface area (Å²) in [6.07, 6.45) is 0.463. The van der Waals surface area contributed by atoms with Crippen molar-refractivity contribution in [2.75, 3.05) is 37.6 Å². The molecule has 1 aliphatic rings. The first kappa shape index (κ1) is 22.0. The van der Waals surface area contributed by atoms with E-state index in [1.807, 2.05) is 13.0 Å². The molecule has 1 heterocycles. The van der Waals surface area contributed by atoms with Crippen LogP contribution in [0.3, 0.4) is 0 Å². The van der Waals surface area contributed by atoms with E-state index in [0.717, 1.165) is 44.0 Å². The Morgan fingerprint density at radius 3 is 2.20 bits per heavy atom. The minimum absolute atomic E-state index is 0.0360. The molecular weight excluding hydrogens is 372 g/mol. The molecule has 0 radical (unpaired) electrons. The number of nitrogens with one attached hydrogen (secondary N) is 1. The van der Waals surface area contributed by atoms with E-state index in [4.69, 9.17) is 0 Å². The Balaban J connectivity index is 1.41. The van der Waals surface area contributed by atoms with Crippen LogP contribution in [0.2, 0.25) is 0 Å². The van der Waals surface area contributed by atoms with E-state index in [1.54, 1.807) is 0 Å². The van der Waals surface area contributed by atoms with Gasteiger partial charge in [0.15, 0.2) is 0 Å². The smallest absolute Gasteiger partial charge is 0.241 e. The third kappa shape index (κ3) is 6.17. The molecule has 160 valence electrons. The van der Waals surface area contributed by atoms with Gasteiger partial charge in [0.2, 0.25) is 5.91 Å². The van der Waals surface area contributed by atoms with Crippen molar-refractivity contribution in [2.45, 2.75) is 39.5 Å². The average molecular weight is 407 g/mol. The number of carbonyl (C=O) groups is 1. The van der Waals surface area contributed by atoms with Gasteiger partial charge in [0.05, 0.1) is 5.71 Å². The highest BCUT2D eigenvalue weighted by Crippen LogP contribution is 2.22. The highest BCUT2D eigenvalue weighted by Gasteiger charge is 2.17. The second-order valence-electron chi connectivity index (χ2n) is 8.97. The molecule has 5 nitrogen and oxygen atoms in total. The summed E-state index contributed by atoms with van der Waals surface area (Å²) in [5.41, 5.74) is 7.25. The minimum Gasteiger partial charge on any atom is -0.369 e. The van der Waals surface area contributed by atoms with Crippen molar-refractivity contribution in [3.63, 3.8) is 0 Å². The van der Waals surface area contributed by atoms with Crippen molar-refractivity contribution in [1.82, 2.24) is 10.3 Å². The van der Waals surface area contributed by atoms with Crippen LogP contribution < -0.4 is 10.3 Å². The van der Waals surface area contributed by atoms with Crippen LogP contribution in [-0.4, -0.2) is 49.2 Å². The summed E-state index contributed by atoms with van der Waals surface area (Å²) in [5.74, 6) is -0.0360. The number of anilines is 1. The number of para-hydroxylation sites is 1. The standard InChI is InChI=1S/C25H34N4O/c1-20(21-10-12-22(13-11-21)25(2,3)4)26-27-24(30)14-15-28-16-18-29(19-17-28)23-8-6-5-7-9-23/h5-13H,14-19H2,1-4H3,(H,27,30)/b26-20-. The maximum Gasteiger partial charge on any atom is 0.241 e. The Morgan fingerprint density at radius 1 is 0.967 bits per heavy atom. The third-order valence-electron chi connectivity index (χ3n) is 5.67. The molecule has 1 N–H and O–H groups in total. The van der Waals surface area contributed by atoms with Gasteiger partial charge in [-0.05, 0) is 35.6 Å². The molecule has 1 fully saturated rings. The summed E-state index contributed by atoms with van der Waals surface area (Å²) >= 11 is 0. The Labute approximate surface area is 180 Å². The molecule has 3 rings (SSSR count). The van der Waals surface area contributed by atoms with E-state index in [9.17, 15) is 4.79 Å². The highest BCUT2D eigenvalue weighted by atomic mass is 16.2. The molecule has 5 heteroatoms. The minimum atomic E-state index is -0.0360. The highest BCUT2D eigenvalue weighted by molar-refractivity contribution is 5.99. The molecular formula is C25H34N4O. The van der Waals surface area contributed by atoms with Crippen LogP contribution >= 0.6 is 0 Å².